The van der Waals surface area contributed by atoms with E-state index in [-0.39, 0.29) is 30.3 Å². The molecule has 0 spiro atoms. The molecule has 0 unspecified atom stereocenters. The Bertz CT molecular complexity index is 1110. The largest absolute Gasteiger partial charge is 0.491 e. The van der Waals surface area contributed by atoms with Crippen molar-refractivity contribution >= 4 is 34.4 Å². The summed E-state index contributed by atoms with van der Waals surface area (Å²) in [5.41, 5.74) is 4.79. The van der Waals surface area contributed by atoms with Crippen LogP contribution >= 0.6 is 0 Å². The average Bonchev–Trinajstić information content (AvgIpc) is 2.76. The first-order valence-corrected chi connectivity index (χ1v) is 10.2. The van der Waals surface area contributed by atoms with Crippen molar-refractivity contribution in [3.05, 3.63) is 89.5 Å². The van der Waals surface area contributed by atoms with Crippen LogP contribution < -0.4 is 0 Å². The van der Waals surface area contributed by atoms with Gasteiger partial charge in [0.2, 0.25) is 0 Å². The first-order valence-electron chi connectivity index (χ1n) is 10.2. The summed E-state index contributed by atoms with van der Waals surface area (Å²) in [4.78, 5) is 33.5. The zero-order valence-corrected chi connectivity index (χ0v) is 19.5. The highest BCUT2D eigenvalue weighted by Gasteiger charge is 2.13. The van der Waals surface area contributed by atoms with Crippen LogP contribution in [-0.4, -0.2) is 41.0 Å². The Morgan fingerprint density at radius 2 is 1.27 bits per heavy atom. The fourth-order valence-electron chi connectivity index (χ4n) is 2.94. The van der Waals surface area contributed by atoms with Gasteiger partial charge in [-0.15, -0.1) is 0 Å². The Hall–Kier alpha value is -3.77. The van der Waals surface area contributed by atoms with Crippen molar-refractivity contribution in [3.63, 3.8) is 0 Å². The molecular formula is C27H30O6. The molecule has 2 aromatic carbocycles. The number of aliphatic hydroxyl groups excluding tert-OH is 1. The van der Waals surface area contributed by atoms with Gasteiger partial charge in [0.05, 0.1) is 12.2 Å². The van der Waals surface area contributed by atoms with Crippen LogP contribution in [0, 0.1) is 0 Å². The van der Waals surface area contributed by atoms with Crippen LogP contribution in [-0.2, 0) is 4.74 Å². The summed E-state index contributed by atoms with van der Waals surface area (Å²) in [5.74, 6) is -0.718. The number of carboxylic acid groups (broad SMARTS) is 1. The van der Waals surface area contributed by atoms with Gasteiger partial charge in [-0.3, -0.25) is 9.59 Å². The molecule has 0 fully saturated rings. The molecule has 0 aromatic heterocycles. The number of carboxylic acids is 1. The van der Waals surface area contributed by atoms with Crippen LogP contribution in [0.15, 0.2) is 56.1 Å². The SMILES string of the molecule is C=C(C)c1ccc(C(C)=O)cc1C(=O)O.C=C(OCCO)c1ccc(C(C)=O)c(C(=C)C)c1. The van der Waals surface area contributed by atoms with E-state index >= 15 is 0 Å². The molecule has 0 saturated heterocycles. The minimum atomic E-state index is -1.05. The molecule has 0 bridgehead atoms. The van der Waals surface area contributed by atoms with E-state index in [1.807, 2.05) is 13.0 Å². The maximum atomic E-state index is 11.5. The molecule has 2 aromatic rings. The van der Waals surface area contributed by atoms with Gasteiger partial charge in [-0.25, -0.2) is 4.79 Å². The van der Waals surface area contributed by atoms with Crippen molar-refractivity contribution < 1.29 is 29.3 Å². The number of rotatable bonds is 9. The lowest BCUT2D eigenvalue weighted by Crippen LogP contribution is -2.04. The summed E-state index contributed by atoms with van der Waals surface area (Å²) in [6.07, 6.45) is 0. The van der Waals surface area contributed by atoms with Gasteiger partial charge in [0.1, 0.15) is 12.4 Å². The number of allylic oxidation sites excluding steroid dienone is 2. The molecule has 0 radical (unpaired) electrons. The summed E-state index contributed by atoms with van der Waals surface area (Å²) < 4.78 is 5.25. The average molecular weight is 451 g/mol. The number of aromatic carboxylic acids is 1. The second kappa shape index (κ2) is 12.3. The van der Waals surface area contributed by atoms with Gasteiger partial charge in [-0.2, -0.15) is 0 Å². The normalized spacial score (nSPS) is 9.85. The zero-order chi connectivity index (χ0) is 25.3. The number of benzene rings is 2. The third kappa shape index (κ3) is 7.70. The van der Waals surface area contributed by atoms with Gasteiger partial charge in [0.25, 0.3) is 0 Å². The van der Waals surface area contributed by atoms with E-state index in [4.69, 9.17) is 14.9 Å². The predicted molar refractivity (Wildman–Crippen MR) is 131 cm³/mol. The van der Waals surface area contributed by atoms with Gasteiger partial charge >= 0.3 is 5.97 Å². The lowest BCUT2D eigenvalue weighted by atomic mass is 9.96. The minimum Gasteiger partial charge on any atom is -0.491 e. The number of Topliss-reactive ketones (excluding diaryl/α,β-unsaturated/α-hetero) is 2. The molecule has 2 N–H and O–H groups in total. The first kappa shape index (κ1) is 27.3. The molecule has 6 nitrogen and oxygen atoms in total. The van der Waals surface area contributed by atoms with E-state index in [0.29, 0.717) is 28.0 Å². The smallest absolute Gasteiger partial charge is 0.336 e. The van der Waals surface area contributed by atoms with Crippen molar-refractivity contribution in [3.8, 4) is 0 Å². The monoisotopic (exact) mass is 450 g/mol. The highest BCUT2D eigenvalue weighted by Crippen LogP contribution is 2.24. The highest BCUT2D eigenvalue weighted by molar-refractivity contribution is 6.00. The van der Waals surface area contributed by atoms with E-state index in [2.05, 4.69) is 19.7 Å². The molecule has 174 valence electrons. The van der Waals surface area contributed by atoms with E-state index in [9.17, 15) is 14.4 Å². The van der Waals surface area contributed by atoms with Crippen molar-refractivity contribution in [2.75, 3.05) is 13.2 Å². The van der Waals surface area contributed by atoms with Crippen molar-refractivity contribution in [2.24, 2.45) is 0 Å². The molecule has 0 saturated carbocycles. The minimum absolute atomic E-state index is 0.00133. The maximum Gasteiger partial charge on any atom is 0.336 e. The van der Waals surface area contributed by atoms with Gasteiger partial charge in [0.15, 0.2) is 11.6 Å². The number of hydrogen-bond acceptors (Lipinski definition) is 5. The molecule has 0 atom stereocenters. The van der Waals surface area contributed by atoms with Crippen molar-refractivity contribution in [2.45, 2.75) is 27.7 Å². The fraction of sp³-hybridized carbons (Fsp3) is 0.222. The highest BCUT2D eigenvalue weighted by atomic mass is 16.5. The third-order valence-electron chi connectivity index (χ3n) is 4.66. The summed E-state index contributed by atoms with van der Waals surface area (Å²) >= 11 is 0. The van der Waals surface area contributed by atoms with E-state index in [1.165, 1.54) is 19.9 Å². The molecule has 0 aliphatic heterocycles. The lowest BCUT2D eigenvalue weighted by Gasteiger charge is -2.12. The molecule has 33 heavy (non-hydrogen) atoms. The topological polar surface area (TPSA) is 101 Å². The quantitative estimate of drug-likeness (QED) is 0.385. The summed E-state index contributed by atoms with van der Waals surface area (Å²) in [6.45, 7) is 18.0. The predicted octanol–water partition coefficient (Wildman–Crippen LogP) is 5.52. The maximum absolute atomic E-state index is 11.5. The summed E-state index contributed by atoms with van der Waals surface area (Å²) in [5, 5.41) is 17.7. The zero-order valence-electron chi connectivity index (χ0n) is 19.5. The van der Waals surface area contributed by atoms with Gasteiger partial charge in [-0.05, 0) is 51.0 Å². The molecule has 6 heteroatoms. The van der Waals surface area contributed by atoms with Crippen LogP contribution in [0.1, 0.15) is 75.5 Å². The van der Waals surface area contributed by atoms with E-state index in [1.54, 1.807) is 31.2 Å². The number of aliphatic hydroxyl groups is 1. The Morgan fingerprint density at radius 1 is 0.758 bits per heavy atom. The van der Waals surface area contributed by atoms with Gasteiger partial charge in [-0.1, -0.05) is 55.1 Å². The molecule has 0 amide bonds. The second-order valence-corrected chi connectivity index (χ2v) is 7.49. The lowest BCUT2D eigenvalue weighted by molar-refractivity contribution is 0.0696. The number of ether oxygens (including phenoxy) is 1. The van der Waals surface area contributed by atoms with E-state index < -0.39 is 5.97 Å². The van der Waals surface area contributed by atoms with Crippen LogP contribution in [0.2, 0.25) is 0 Å². The van der Waals surface area contributed by atoms with E-state index in [0.717, 1.165) is 16.7 Å². The summed E-state index contributed by atoms with van der Waals surface area (Å²) in [7, 11) is 0. The van der Waals surface area contributed by atoms with Crippen molar-refractivity contribution in [1.29, 1.82) is 0 Å². The van der Waals surface area contributed by atoms with Crippen LogP contribution in [0.5, 0.6) is 0 Å². The van der Waals surface area contributed by atoms with Gasteiger partial charge < -0.3 is 14.9 Å². The number of carbonyl (C=O) groups is 3. The number of ketones is 2. The molecule has 0 aliphatic carbocycles. The number of hydrogen-bond donors (Lipinski definition) is 2. The van der Waals surface area contributed by atoms with Gasteiger partial charge in [0, 0.05) is 16.7 Å². The first-order chi connectivity index (χ1) is 15.4. The van der Waals surface area contributed by atoms with Crippen LogP contribution in [0.3, 0.4) is 0 Å². The summed E-state index contributed by atoms with van der Waals surface area (Å²) in [6, 6.07) is 9.97. The fourth-order valence-corrected chi connectivity index (χ4v) is 2.94. The Labute approximate surface area is 194 Å². The van der Waals surface area contributed by atoms with Crippen LogP contribution in [0.4, 0.5) is 0 Å². The third-order valence-corrected chi connectivity index (χ3v) is 4.66. The molecule has 0 heterocycles. The standard InChI is InChI=1S/C15H18O3.C12H12O3/c1-10(2)15-9-13(12(4)18-8-7-16)5-6-14(15)11(3)17;1-7(2)10-5-4-9(8(3)13)6-11(10)12(14)15/h5-6,9,16H,1,4,7-8H2,2-3H3;4-6H,1H2,2-3H3,(H,14,15). The molecule has 2 rings (SSSR count). The molecule has 0 aliphatic rings. The number of carbonyl (C=O) groups excluding carboxylic acids is 2. The Kier molecular flexibility index (Phi) is 10.2. The Morgan fingerprint density at radius 3 is 1.73 bits per heavy atom. The Balaban J connectivity index is 0.000000335. The second-order valence-electron chi connectivity index (χ2n) is 7.49. The molecular weight excluding hydrogens is 420 g/mol. The van der Waals surface area contributed by atoms with Crippen LogP contribution in [0.25, 0.3) is 16.9 Å². The van der Waals surface area contributed by atoms with Crippen molar-refractivity contribution in [1.82, 2.24) is 0 Å².